The zero-order valence-corrected chi connectivity index (χ0v) is 16.1. The van der Waals surface area contributed by atoms with Gasteiger partial charge in [0.2, 0.25) is 15.9 Å². The topological polar surface area (TPSA) is 75.7 Å². The van der Waals surface area contributed by atoms with Crippen LogP contribution < -0.4 is 14.4 Å². The van der Waals surface area contributed by atoms with Crippen LogP contribution in [0.25, 0.3) is 0 Å². The molecule has 1 aliphatic heterocycles. The molecule has 2 aliphatic rings. The van der Waals surface area contributed by atoms with Gasteiger partial charge in [0, 0.05) is 18.2 Å². The van der Waals surface area contributed by atoms with Crippen LogP contribution in [0.1, 0.15) is 20.3 Å². The smallest absolute Gasteiger partial charge is 0.250 e. The lowest BCUT2D eigenvalue weighted by Gasteiger charge is -2.23. The van der Waals surface area contributed by atoms with Crippen molar-refractivity contribution in [1.82, 2.24) is 0 Å². The highest BCUT2D eigenvalue weighted by atomic mass is 32.2. The molecule has 7 heteroatoms. The van der Waals surface area contributed by atoms with E-state index in [2.05, 4.69) is 5.32 Å². The lowest BCUT2D eigenvalue weighted by Crippen LogP contribution is -2.42. The summed E-state index contributed by atoms with van der Waals surface area (Å²) in [7, 11) is -3.75. The summed E-state index contributed by atoms with van der Waals surface area (Å²) in [6.07, 6.45) is 0.433. The van der Waals surface area contributed by atoms with Gasteiger partial charge < -0.3 is 10.1 Å². The van der Waals surface area contributed by atoms with Crippen LogP contribution in [0.2, 0.25) is 0 Å². The van der Waals surface area contributed by atoms with Crippen LogP contribution in [0.4, 0.5) is 11.4 Å². The van der Waals surface area contributed by atoms with Crippen molar-refractivity contribution < 1.29 is 17.9 Å². The maximum atomic E-state index is 13.1. The van der Waals surface area contributed by atoms with Crippen molar-refractivity contribution in [1.29, 1.82) is 0 Å². The van der Waals surface area contributed by atoms with Gasteiger partial charge in [0.1, 0.15) is 5.75 Å². The summed E-state index contributed by atoms with van der Waals surface area (Å²) in [6.45, 7) is 4.22. The third-order valence-corrected chi connectivity index (χ3v) is 7.64. The molecule has 1 saturated heterocycles. The third kappa shape index (κ3) is 2.86. The number of rotatable bonds is 5. The first-order chi connectivity index (χ1) is 12.8. The van der Waals surface area contributed by atoms with Crippen LogP contribution in [-0.4, -0.2) is 31.7 Å². The van der Waals surface area contributed by atoms with Crippen molar-refractivity contribution in [2.24, 2.45) is 5.92 Å². The number of hydrogen-bond acceptors (Lipinski definition) is 4. The molecule has 1 N–H and O–H groups in total. The second-order valence-corrected chi connectivity index (χ2v) is 9.43. The van der Waals surface area contributed by atoms with Crippen molar-refractivity contribution >= 4 is 27.3 Å². The predicted octanol–water partition coefficient (Wildman–Crippen LogP) is 3.02. The molecular formula is C20H22N2O4S. The quantitative estimate of drug-likeness (QED) is 0.857. The molecule has 1 saturated carbocycles. The number of carbonyl (C=O) groups is 1. The molecule has 1 amide bonds. The van der Waals surface area contributed by atoms with Gasteiger partial charge in [-0.2, -0.15) is 0 Å². The largest absolute Gasteiger partial charge is 0.491 e. The Kier molecular flexibility index (Phi) is 4.14. The highest BCUT2D eigenvalue weighted by Crippen LogP contribution is 2.58. The van der Waals surface area contributed by atoms with Crippen LogP contribution in [0, 0.1) is 5.92 Å². The van der Waals surface area contributed by atoms with E-state index in [0.29, 0.717) is 30.1 Å². The van der Waals surface area contributed by atoms with Crippen LogP contribution in [0.15, 0.2) is 54.6 Å². The van der Waals surface area contributed by atoms with Gasteiger partial charge in [0.05, 0.1) is 11.8 Å². The zero-order chi connectivity index (χ0) is 19.2. The Morgan fingerprint density at radius 2 is 1.81 bits per heavy atom. The van der Waals surface area contributed by atoms with Gasteiger partial charge in [0.25, 0.3) is 0 Å². The van der Waals surface area contributed by atoms with Crippen molar-refractivity contribution in [2.45, 2.75) is 31.1 Å². The van der Waals surface area contributed by atoms with Crippen molar-refractivity contribution in [3.05, 3.63) is 54.6 Å². The summed E-state index contributed by atoms with van der Waals surface area (Å²) in [5, 5.41) is 2.77. The molecule has 6 nitrogen and oxygen atoms in total. The molecule has 2 fully saturated rings. The number of nitrogens with zero attached hydrogens (tertiary/aromatic N) is 1. The molecule has 27 heavy (non-hydrogen) atoms. The first-order valence-corrected chi connectivity index (χ1v) is 10.4. The second kappa shape index (κ2) is 6.27. The van der Waals surface area contributed by atoms with Crippen LogP contribution >= 0.6 is 0 Å². The van der Waals surface area contributed by atoms with E-state index >= 15 is 0 Å². The number of para-hydroxylation sites is 1. The summed E-state index contributed by atoms with van der Waals surface area (Å²) in [5.74, 6) is 0.0731. The highest BCUT2D eigenvalue weighted by Gasteiger charge is 2.75. The molecule has 0 radical (unpaired) electrons. The zero-order valence-electron chi connectivity index (χ0n) is 15.3. The summed E-state index contributed by atoms with van der Waals surface area (Å²) in [6, 6.07) is 15.9. The normalized spacial score (nSPS) is 25.1. The SMILES string of the molecule is CC(C)Oc1ccc(NC(=O)[C@@]23C[C@@H]2CN(c2ccccc2)S3(=O)=O)cc1. The molecule has 0 bridgehead atoms. The van der Waals surface area contributed by atoms with Gasteiger partial charge in [0.15, 0.2) is 4.75 Å². The Balaban J connectivity index is 1.53. The number of anilines is 2. The molecular weight excluding hydrogens is 364 g/mol. The first kappa shape index (κ1) is 17.9. The van der Waals surface area contributed by atoms with E-state index < -0.39 is 20.7 Å². The van der Waals surface area contributed by atoms with Gasteiger partial charge in [-0.1, -0.05) is 18.2 Å². The molecule has 142 valence electrons. The molecule has 2 aromatic carbocycles. The number of ether oxygens (including phenoxy) is 1. The standard InChI is InChI=1S/C20H22N2O4S/c1-14(2)26-18-10-8-16(9-11-18)21-19(23)20-12-15(20)13-22(27(20,24)25)17-6-4-3-5-7-17/h3-11,14-15H,12-13H2,1-2H3,(H,21,23)/t15-,20-/m1/s1. The van der Waals surface area contributed by atoms with E-state index in [1.807, 2.05) is 19.9 Å². The van der Waals surface area contributed by atoms with Gasteiger partial charge in [-0.25, -0.2) is 8.42 Å². The molecule has 0 unspecified atom stereocenters. The summed E-state index contributed by atoms with van der Waals surface area (Å²) in [4.78, 5) is 12.9. The molecule has 2 aromatic rings. The maximum absolute atomic E-state index is 13.1. The minimum Gasteiger partial charge on any atom is -0.491 e. The Labute approximate surface area is 159 Å². The Hall–Kier alpha value is -2.54. The summed E-state index contributed by atoms with van der Waals surface area (Å²) >= 11 is 0. The monoisotopic (exact) mass is 386 g/mol. The lowest BCUT2D eigenvalue weighted by atomic mass is 10.2. The molecule has 4 rings (SSSR count). The molecule has 1 aliphatic carbocycles. The van der Waals surface area contributed by atoms with E-state index in [1.165, 1.54) is 4.31 Å². The lowest BCUT2D eigenvalue weighted by molar-refractivity contribution is -0.116. The van der Waals surface area contributed by atoms with Crippen LogP contribution in [0.3, 0.4) is 0 Å². The molecule has 1 heterocycles. The Morgan fingerprint density at radius 3 is 2.44 bits per heavy atom. The van der Waals surface area contributed by atoms with Gasteiger partial charge in [-0.3, -0.25) is 9.10 Å². The average Bonchev–Trinajstić information content (AvgIpc) is 3.33. The summed E-state index contributed by atoms with van der Waals surface area (Å²) < 4.78 is 31.8. The van der Waals surface area contributed by atoms with E-state index in [0.717, 1.165) is 0 Å². The fourth-order valence-corrected chi connectivity index (χ4v) is 6.05. The number of hydrogen-bond donors (Lipinski definition) is 1. The molecule has 0 spiro atoms. The van der Waals surface area contributed by atoms with E-state index in [4.69, 9.17) is 4.74 Å². The summed E-state index contributed by atoms with van der Waals surface area (Å²) in [5.41, 5.74) is 1.16. The van der Waals surface area contributed by atoms with Gasteiger partial charge >= 0.3 is 0 Å². The average molecular weight is 386 g/mol. The van der Waals surface area contributed by atoms with E-state index in [-0.39, 0.29) is 12.0 Å². The van der Waals surface area contributed by atoms with E-state index in [9.17, 15) is 13.2 Å². The maximum Gasteiger partial charge on any atom is 0.250 e. The van der Waals surface area contributed by atoms with Crippen molar-refractivity contribution in [3.8, 4) is 5.75 Å². The van der Waals surface area contributed by atoms with Crippen molar-refractivity contribution in [2.75, 3.05) is 16.2 Å². The highest BCUT2D eigenvalue weighted by molar-refractivity contribution is 7.95. The number of benzene rings is 2. The molecule has 2 atom stereocenters. The molecule has 0 aromatic heterocycles. The predicted molar refractivity (Wildman–Crippen MR) is 104 cm³/mol. The van der Waals surface area contributed by atoms with Crippen LogP contribution in [-0.2, 0) is 14.8 Å². The van der Waals surface area contributed by atoms with Gasteiger partial charge in [-0.15, -0.1) is 0 Å². The number of nitrogens with one attached hydrogen (secondary N) is 1. The van der Waals surface area contributed by atoms with E-state index in [1.54, 1.807) is 48.5 Å². The number of amides is 1. The Morgan fingerprint density at radius 1 is 1.15 bits per heavy atom. The minimum atomic E-state index is -3.75. The first-order valence-electron chi connectivity index (χ1n) is 9.00. The number of carbonyl (C=O) groups excluding carboxylic acids is 1. The third-order valence-electron chi connectivity index (χ3n) is 5.10. The number of sulfonamides is 1. The fraction of sp³-hybridized carbons (Fsp3) is 0.350. The Bertz CT molecular complexity index is 957. The fourth-order valence-electron chi connectivity index (χ4n) is 3.69. The van der Waals surface area contributed by atoms with Crippen molar-refractivity contribution in [3.63, 3.8) is 0 Å². The van der Waals surface area contributed by atoms with Crippen LogP contribution in [0.5, 0.6) is 5.75 Å². The second-order valence-electron chi connectivity index (χ2n) is 7.31. The van der Waals surface area contributed by atoms with Gasteiger partial charge in [-0.05, 0) is 56.7 Å². The number of fused-ring (bicyclic) bond motifs is 1. The minimum absolute atomic E-state index is 0.0594.